The first-order valence-corrected chi connectivity index (χ1v) is 9.76. The molecule has 4 rings (SSSR count). The van der Waals surface area contributed by atoms with Crippen LogP contribution in [0.1, 0.15) is 44.0 Å². The summed E-state index contributed by atoms with van der Waals surface area (Å²) in [4.78, 5) is 23.3. The summed E-state index contributed by atoms with van der Waals surface area (Å²) in [5, 5.41) is 14.2. The third-order valence-electron chi connectivity index (χ3n) is 5.35. The average Bonchev–Trinajstić information content (AvgIpc) is 3.02. The lowest BCUT2D eigenvalue weighted by molar-refractivity contribution is 0.175. The minimum absolute atomic E-state index is 0.0499. The highest BCUT2D eigenvalue weighted by atomic mass is 16.2. The van der Waals surface area contributed by atoms with Crippen molar-refractivity contribution in [1.29, 1.82) is 0 Å². The molecule has 0 aromatic carbocycles. The van der Waals surface area contributed by atoms with Gasteiger partial charge in [0.2, 0.25) is 5.95 Å². The largest absolute Gasteiger partial charge is 0.351 e. The summed E-state index contributed by atoms with van der Waals surface area (Å²) in [6.45, 7) is 9.42. The van der Waals surface area contributed by atoms with Crippen molar-refractivity contribution in [1.82, 2.24) is 35.1 Å². The summed E-state index contributed by atoms with van der Waals surface area (Å²) < 4.78 is 1.80. The van der Waals surface area contributed by atoms with E-state index in [1.54, 1.807) is 4.52 Å². The van der Waals surface area contributed by atoms with Gasteiger partial charge in [-0.15, -0.1) is 0 Å². The molecule has 0 unspecified atom stereocenters. The van der Waals surface area contributed by atoms with Crippen molar-refractivity contribution < 1.29 is 4.79 Å². The second-order valence-electron chi connectivity index (χ2n) is 7.79. The lowest BCUT2D eigenvalue weighted by atomic mass is 10.1. The van der Waals surface area contributed by atoms with Gasteiger partial charge >= 0.3 is 6.03 Å². The molecule has 9 nitrogen and oxygen atoms in total. The van der Waals surface area contributed by atoms with E-state index in [0.29, 0.717) is 5.92 Å². The Bertz CT molecular complexity index is 820. The van der Waals surface area contributed by atoms with Crippen LogP contribution in [0.5, 0.6) is 0 Å². The first-order valence-electron chi connectivity index (χ1n) is 9.76. The standard InChI is InChI=1S/C18H28N8O/c1-11(2)15-10-20-26-16(15)21-12(3)22-17(26)23-13-4-6-25(7-5-13)18(27)24-14-8-19-9-14/h10-11,13-14,19H,4-9H2,1-3H3,(H,24,27)(H,21,22,23). The number of carbonyl (C=O) groups is 1. The summed E-state index contributed by atoms with van der Waals surface area (Å²) >= 11 is 0. The highest BCUT2D eigenvalue weighted by Gasteiger charge is 2.27. The number of nitrogens with zero attached hydrogens (tertiary/aromatic N) is 5. The zero-order valence-electron chi connectivity index (χ0n) is 16.2. The fraction of sp³-hybridized carbons (Fsp3) is 0.667. The maximum atomic E-state index is 12.3. The predicted octanol–water partition coefficient (Wildman–Crippen LogP) is 1.11. The summed E-state index contributed by atoms with van der Waals surface area (Å²) in [5.74, 6) is 1.82. The zero-order valence-corrected chi connectivity index (χ0v) is 16.2. The summed E-state index contributed by atoms with van der Waals surface area (Å²) in [6, 6.07) is 0.595. The molecule has 0 atom stereocenters. The number of aromatic nitrogens is 4. The smallest absolute Gasteiger partial charge is 0.317 e. The number of aryl methyl sites for hydroxylation is 1. The number of rotatable bonds is 4. The van der Waals surface area contributed by atoms with E-state index < -0.39 is 0 Å². The van der Waals surface area contributed by atoms with Crippen LogP contribution in [0.2, 0.25) is 0 Å². The number of hydrogen-bond acceptors (Lipinski definition) is 6. The minimum atomic E-state index is 0.0499. The van der Waals surface area contributed by atoms with Crippen LogP contribution >= 0.6 is 0 Å². The first-order chi connectivity index (χ1) is 13.0. The monoisotopic (exact) mass is 372 g/mol. The molecule has 2 aromatic rings. The minimum Gasteiger partial charge on any atom is -0.351 e. The number of nitrogens with one attached hydrogen (secondary N) is 3. The zero-order chi connectivity index (χ0) is 19.0. The van der Waals surface area contributed by atoms with Crippen LogP contribution in [0.3, 0.4) is 0 Å². The van der Waals surface area contributed by atoms with Gasteiger partial charge in [-0.1, -0.05) is 13.8 Å². The average molecular weight is 372 g/mol. The van der Waals surface area contributed by atoms with Gasteiger partial charge in [0.15, 0.2) is 5.65 Å². The Morgan fingerprint density at radius 1 is 1.22 bits per heavy atom. The molecule has 2 amide bonds. The number of urea groups is 1. The van der Waals surface area contributed by atoms with E-state index in [0.717, 1.165) is 62.0 Å². The highest BCUT2D eigenvalue weighted by molar-refractivity contribution is 5.74. The molecule has 2 fully saturated rings. The van der Waals surface area contributed by atoms with Gasteiger partial charge < -0.3 is 20.9 Å². The van der Waals surface area contributed by atoms with Crippen LogP contribution in [-0.4, -0.2) is 68.8 Å². The Balaban J connectivity index is 1.41. The molecule has 9 heteroatoms. The fourth-order valence-corrected chi connectivity index (χ4v) is 3.57. The molecule has 0 radical (unpaired) electrons. The second kappa shape index (κ2) is 7.30. The van der Waals surface area contributed by atoms with E-state index in [-0.39, 0.29) is 18.1 Å². The van der Waals surface area contributed by atoms with Gasteiger partial charge in [-0.25, -0.2) is 9.78 Å². The van der Waals surface area contributed by atoms with E-state index in [4.69, 9.17) is 0 Å². The quantitative estimate of drug-likeness (QED) is 0.744. The maximum absolute atomic E-state index is 12.3. The van der Waals surface area contributed by atoms with E-state index in [2.05, 4.69) is 44.9 Å². The van der Waals surface area contributed by atoms with Gasteiger partial charge in [0.05, 0.1) is 12.2 Å². The lowest BCUT2D eigenvalue weighted by Crippen LogP contribution is -2.60. The van der Waals surface area contributed by atoms with Crippen molar-refractivity contribution in [3.8, 4) is 0 Å². The van der Waals surface area contributed by atoms with Gasteiger partial charge in [0, 0.05) is 37.8 Å². The molecule has 0 saturated carbocycles. The van der Waals surface area contributed by atoms with Crippen molar-refractivity contribution in [3.63, 3.8) is 0 Å². The maximum Gasteiger partial charge on any atom is 0.317 e. The van der Waals surface area contributed by atoms with Crippen molar-refractivity contribution in [3.05, 3.63) is 17.6 Å². The van der Waals surface area contributed by atoms with Crippen LogP contribution in [-0.2, 0) is 0 Å². The number of hydrogen-bond donors (Lipinski definition) is 3. The SMILES string of the molecule is Cc1nc(NC2CCN(C(=O)NC3CNC3)CC2)n2ncc(C(C)C)c2n1. The van der Waals surface area contributed by atoms with Gasteiger partial charge in [-0.3, -0.25) is 0 Å². The van der Waals surface area contributed by atoms with Gasteiger partial charge in [0.1, 0.15) is 5.82 Å². The molecule has 2 aliphatic rings. The Morgan fingerprint density at radius 3 is 2.59 bits per heavy atom. The number of piperidine rings is 1. The number of likely N-dealkylation sites (tertiary alicyclic amines) is 1. The number of fused-ring (bicyclic) bond motifs is 1. The third-order valence-corrected chi connectivity index (χ3v) is 5.35. The first kappa shape index (κ1) is 18.0. The van der Waals surface area contributed by atoms with E-state index >= 15 is 0 Å². The molecule has 3 N–H and O–H groups in total. The van der Waals surface area contributed by atoms with E-state index in [9.17, 15) is 4.79 Å². The third kappa shape index (κ3) is 3.69. The van der Waals surface area contributed by atoms with Crippen molar-refractivity contribution in [2.24, 2.45) is 0 Å². The number of anilines is 1. The lowest BCUT2D eigenvalue weighted by Gasteiger charge is -2.35. The number of amides is 2. The Labute approximate surface area is 158 Å². The van der Waals surface area contributed by atoms with Crippen LogP contribution < -0.4 is 16.0 Å². The molecule has 4 heterocycles. The molecular formula is C18H28N8O. The van der Waals surface area contributed by atoms with Crippen molar-refractivity contribution in [2.75, 3.05) is 31.5 Å². The predicted molar refractivity (Wildman–Crippen MR) is 103 cm³/mol. The van der Waals surface area contributed by atoms with Gasteiger partial charge in [-0.2, -0.15) is 14.6 Å². The molecule has 146 valence electrons. The Hall–Kier alpha value is -2.42. The molecular weight excluding hydrogens is 344 g/mol. The Morgan fingerprint density at radius 2 is 1.96 bits per heavy atom. The summed E-state index contributed by atoms with van der Waals surface area (Å²) in [5.41, 5.74) is 1.99. The van der Waals surface area contributed by atoms with Crippen LogP contribution in [0.25, 0.3) is 5.65 Å². The molecule has 0 bridgehead atoms. The molecule has 2 saturated heterocycles. The summed E-state index contributed by atoms with van der Waals surface area (Å²) in [7, 11) is 0. The van der Waals surface area contributed by atoms with Crippen molar-refractivity contribution in [2.45, 2.75) is 51.6 Å². The topological polar surface area (TPSA) is 99.5 Å². The van der Waals surface area contributed by atoms with E-state index in [1.807, 2.05) is 18.0 Å². The molecule has 2 aliphatic heterocycles. The Kier molecular flexibility index (Phi) is 4.86. The molecule has 27 heavy (non-hydrogen) atoms. The van der Waals surface area contributed by atoms with Gasteiger partial charge in [0.25, 0.3) is 0 Å². The van der Waals surface area contributed by atoms with Crippen LogP contribution in [0.15, 0.2) is 6.20 Å². The molecule has 0 spiro atoms. The van der Waals surface area contributed by atoms with Crippen LogP contribution in [0.4, 0.5) is 10.7 Å². The fourth-order valence-electron chi connectivity index (χ4n) is 3.57. The van der Waals surface area contributed by atoms with Crippen LogP contribution in [0, 0.1) is 6.92 Å². The van der Waals surface area contributed by atoms with Gasteiger partial charge in [-0.05, 0) is 25.7 Å². The normalized spacial score (nSPS) is 18.7. The molecule has 0 aliphatic carbocycles. The highest BCUT2D eigenvalue weighted by Crippen LogP contribution is 2.22. The number of carbonyl (C=O) groups excluding carboxylic acids is 1. The second-order valence-corrected chi connectivity index (χ2v) is 7.79. The van der Waals surface area contributed by atoms with E-state index in [1.165, 1.54) is 0 Å². The molecule has 2 aromatic heterocycles. The summed E-state index contributed by atoms with van der Waals surface area (Å²) in [6.07, 6.45) is 3.65. The van der Waals surface area contributed by atoms with Crippen molar-refractivity contribution >= 4 is 17.6 Å².